The van der Waals surface area contributed by atoms with E-state index in [4.69, 9.17) is 4.74 Å². The molecule has 0 saturated carbocycles. The lowest BCUT2D eigenvalue weighted by molar-refractivity contribution is -0.133. The second kappa shape index (κ2) is 7.77. The topological polar surface area (TPSA) is 80.6 Å². The predicted molar refractivity (Wildman–Crippen MR) is 97.0 cm³/mol. The summed E-state index contributed by atoms with van der Waals surface area (Å²) >= 11 is 0. The third kappa shape index (κ3) is 3.94. The smallest absolute Gasteiger partial charge is 0.410 e. The zero-order valence-electron chi connectivity index (χ0n) is 15.2. The van der Waals surface area contributed by atoms with Crippen molar-refractivity contribution in [3.8, 4) is 0 Å². The maximum absolute atomic E-state index is 12.6. The monoisotopic (exact) mass is 369 g/mol. The van der Waals surface area contributed by atoms with Crippen molar-refractivity contribution in [1.29, 1.82) is 0 Å². The van der Waals surface area contributed by atoms with E-state index in [1.807, 2.05) is 29.3 Å². The van der Waals surface area contributed by atoms with Crippen LogP contribution in [0.1, 0.15) is 30.3 Å². The van der Waals surface area contributed by atoms with Crippen molar-refractivity contribution in [3.63, 3.8) is 0 Å². The largest absolute Gasteiger partial charge is 0.448 e. The molecule has 0 bridgehead atoms. The van der Waals surface area contributed by atoms with Crippen LogP contribution in [0.25, 0.3) is 0 Å². The minimum Gasteiger partial charge on any atom is -0.448 e. The first-order valence-corrected chi connectivity index (χ1v) is 9.31. The summed E-state index contributed by atoms with van der Waals surface area (Å²) in [7, 11) is 0. The van der Waals surface area contributed by atoms with Crippen LogP contribution in [-0.2, 0) is 16.1 Å². The molecule has 1 atom stereocenters. The summed E-state index contributed by atoms with van der Waals surface area (Å²) in [5.74, 6) is 1.15. The number of pyridine rings is 1. The van der Waals surface area contributed by atoms with E-state index in [1.165, 1.54) is 4.90 Å². The highest BCUT2D eigenvalue weighted by Crippen LogP contribution is 2.26. The summed E-state index contributed by atoms with van der Waals surface area (Å²) in [5.41, 5.74) is 0.980. The van der Waals surface area contributed by atoms with Gasteiger partial charge in [0.05, 0.1) is 18.8 Å². The third-order valence-electron chi connectivity index (χ3n) is 5.12. The minimum atomic E-state index is -0.400. The van der Waals surface area contributed by atoms with E-state index >= 15 is 0 Å². The average molecular weight is 369 g/mol. The number of nitrogens with zero attached hydrogens (tertiary/aromatic N) is 5. The van der Waals surface area contributed by atoms with Gasteiger partial charge in [-0.05, 0) is 25.0 Å². The molecular formula is C19H23N5O3. The van der Waals surface area contributed by atoms with Crippen LogP contribution in [0, 0.1) is 0 Å². The molecule has 0 spiro atoms. The maximum atomic E-state index is 12.6. The molecule has 2 aliphatic rings. The van der Waals surface area contributed by atoms with Gasteiger partial charge in [-0.15, -0.1) is 0 Å². The Morgan fingerprint density at radius 1 is 1.22 bits per heavy atom. The Balaban J connectivity index is 1.42. The fourth-order valence-electron chi connectivity index (χ4n) is 3.73. The summed E-state index contributed by atoms with van der Waals surface area (Å²) in [5, 5.41) is 0. The van der Waals surface area contributed by atoms with Gasteiger partial charge in [0.25, 0.3) is 0 Å². The van der Waals surface area contributed by atoms with Crippen molar-refractivity contribution in [2.75, 3.05) is 32.8 Å². The number of likely N-dealkylation sites (tertiary alicyclic amines) is 1. The first-order valence-electron chi connectivity index (χ1n) is 9.31. The van der Waals surface area contributed by atoms with Crippen molar-refractivity contribution in [1.82, 2.24) is 24.3 Å². The fraction of sp³-hybridized carbons (Fsp3) is 0.474. The number of ether oxygens (including phenoxy) is 1. The van der Waals surface area contributed by atoms with Gasteiger partial charge in [-0.25, -0.2) is 9.78 Å². The van der Waals surface area contributed by atoms with Gasteiger partial charge >= 0.3 is 6.09 Å². The van der Waals surface area contributed by atoms with Crippen molar-refractivity contribution in [3.05, 3.63) is 48.3 Å². The summed E-state index contributed by atoms with van der Waals surface area (Å²) < 4.78 is 7.01. The number of carbonyl (C=O) groups is 2. The van der Waals surface area contributed by atoms with E-state index < -0.39 is 6.09 Å². The van der Waals surface area contributed by atoms with Crippen LogP contribution >= 0.6 is 0 Å². The van der Waals surface area contributed by atoms with Crippen molar-refractivity contribution < 1.29 is 14.3 Å². The Labute approximate surface area is 157 Å². The molecule has 2 aromatic rings. The number of aromatic nitrogens is 3. The molecule has 1 unspecified atom stereocenters. The second-order valence-corrected chi connectivity index (χ2v) is 6.95. The van der Waals surface area contributed by atoms with Gasteiger partial charge in [0.15, 0.2) is 0 Å². The zero-order valence-corrected chi connectivity index (χ0v) is 15.2. The van der Waals surface area contributed by atoms with Gasteiger partial charge in [-0.2, -0.15) is 0 Å². The summed E-state index contributed by atoms with van der Waals surface area (Å²) in [6.07, 6.45) is 7.08. The highest BCUT2D eigenvalue weighted by Gasteiger charge is 2.30. The van der Waals surface area contributed by atoms with Gasteiger partial charge in [-0.1, -0.05) is 6.07 Å². The lowest BCUT2D eigenvalue weighted by Crippen LogP contribution is -2.45. The van der Waals surface area contributed by atoms with Crippen LogP contribution in [0.3, 0.4) is 0 Å². The van der Waals surface area contributed by atoms with Crippen LogP contribution < -0.4 is 0 Å². The number of piperidine rings is 1. The Hall–Kier alpha value is -2.90. The van der Waals surface area contributed by atoms with E-state index in [0.717, 1.165) is 30.9 Å². The minimum absolute atomic E-state index is 0.0265. The first kappa shape index (κ1) is 17.5. The Bertz CT molecular complexity index is 807. The van der Waals surface area contributed by atoms with Gasteiger partial charge in [0.2, 0.25) is 5.91 Å². The van der Waals surface area contributed by atoms with Crippen LogP contribution in [0.15, 0.2) is 36.8 Å². The summed E-state index contributed by atoms with van der Waals surface area (Å²) in [6, 6.07) is 5.87. The lowest BCUT2D eigenvalue weighted by atomic mass is 9.97. The summed E-state index contributed by atoms with van der Waals surface area (Å²) in [6.45, 7) is 2.95. The molecule has 2 saturated heterocycles. The Kier molecular flexibility index (Phi) is 5.04. The molecule has 0 aromatic carbocycles. The summed E-state index contributed by atoms with van der Waals surface area (Å²) in [4.78, 5) is 36.5. The Morgan fingerprint density at radius 2 is 2.15 bits per heavy atom. The maximum Gasteiger partial charge on any atom is 0.410 e. The molecular weight excluding hydrogens is 346 g/mol. The molecule has 8 nitrogen and oxygen atoms in total. The molecule has 2 aromatic heterocycles. The SMILES string of the molecule is O=C(CN1CCOC1=O)N1CCCC(c2nccn2Cc2ccccn2)C1. The first-order chi connectivity index (χ1) is 13.2. The molecule has 0 radical (unpaired) electrons. The van der Waals surface area contributed by atoms with E-state index in [9.17, 15) is 9.59 Å². The van der Waals surface area contributed by atoms with Gasteiger partial charge in [0, 0.05) is 37.6 Å². The van der Waals surface area contributed by atoms with Crippen LogP contribution in [0.4, 0.5) is 4.79 Å². The highest BCUT2D eigenvalue weighted by molar-refractivity contribution is 5.83. The Morgan fingerprint density at radius 3 is 2.93 bits per heavy atom. The number of hydrogen-bond acceptors (Lipinski definition) is 5. The number of imidazole rings is 1. The molecule has 2 fully saturated rings. The molecule has 4 rings (SSSR count). The van der Waals surface area contributed by atoms with Crippen LogP contribution in [0.5, 0.6) is 0 Å². The number of carbonyl (C=O) groups excluding carboxylic acids is 2. The van der Waals surface area contributed by atoms with Gasteiger partial charge in [0.1, 0.15) is 19.0 Å². The normalized spacial score (nSPS) is 20.0. The number of amides is 2. The van der Waals surface area contributed by atoms with E-state index in [2.05, 4.69) is 14.5 Å². The van der Waals surface area contributed by atoms with E-state index in [1.54, 1.807) is 12.4 Å². The lowest BCUT2D eigenvalue weighted by Gasteiger charge is -2.33. The molecule has 2 amide bonds. The number of cyclic esters (lactones) is 1. The molecule has 142 valence electrons. The van der Waals surface area contributed by atoms with Crippen LogP contribution in [-0.4, -0.2) is 69.1 Å². The zero-order chi connectivity index (χ0) is 18.6. The van der Waals surface area contributed by atoms with Crippen molar-refractivity contribution >= 4 is 12.0 Å². The second-order valence-electron chi connectivity index (χ2n) is 6.95. The number of hydrogen-bond donors (Lipinski definition) is 0. The predicted octanol–water partition coefficient (Wildman–Crippen LogP) is 1.48. The standard InChI is InChI=1S/C19H23N5O3/c25-17(14-24-10-11-27-19(24)26)22-8-3-4-15(12-22)18-21-7-9-23(18)13-16-5-1-2-6-20-16/h1-2,5-7,9,15H,3-4,8,10-14H2. The molecule has 8 heteroatoms. The molecule has 4 heterocycles. The van der Waals surface area contributed by atoms with Crippen molar-refractivity contribution in [2.45, 2.75) is 25.3 Å². The van der Waals surface area contributed by atoms with Gasteiger partial charge in [-0.3, -0.25) is 14.7 Å². The van der Waals surface area contributed by atoms with Crippen LogP contribution in [0.2, 0.25) is 0 Å². The average Bonchev–Trinajstić information content (AvgIpc) is 3.32. The fourth-order valence-corrected chi connectivity index (χ4v) is 3.73. The van der Waals surface area contributed by atoms with Crippen molar-refractivity contribution in [2.24, 2.45) is 0 Å². The molecule has 0 N–H and O–H groups in total. The quantitative estimate of drug-likeness (QED) is 0.798. The van der Waals surface area contributed by atoms with Gasteiger partial charge < -0.3 is 14.2 Å². The molecule has 0 aliphatic carbocycles. The van der Waals surface area contributed by atoms with E-state index in [0.29, 0.717) is 26.2 Å². The highest BCUT2D eigenvalue weighted by atomic mass is 16.6. The molecule has 2 aliphatic heterocycles. The third-order valence-corrected chi connectivity index (χ3v) is 5.12. The number of rotatable bonds is 5. The molecule has 27 heavy (non-hydrogen) atoms. The van der Waals surface area contributed by atoms with E-state index in [-0.39, 0.29) is 18.4 Å².